The number of aliphatic hydroxyl groups excluding tert-OH is 2. The number of ether oxygens (including phenoxy) is 1. The summed E-state index contributed by atoms with van der Waals surface area (Å²) in [5.74, 6) is 1.59. The van der Waals surface area contributed by atoms with Crippen LogP contribution in [-0.2, 0) is 70.4 Å². The van der Waals surface area contributed by atoms with E-state index in [4.69, 9.17) is 44.6 Å². The van der Waals surface area contributed by atoms with E-state index >= 15 is 0 Å². The molecule has 0 saturated carbocycles. The molecule has 17 nitrogen and oxygen atoms in total. The minimum Gasteiger partial charge on any atom is -0.465 e. The van der Waals surface area contributed by atoms with Crippen LogP contribution in [0.25, 0.3) is 33.1 Å². The topological polar surface area (TPSA) is 235 Å². The fourth-order valence-electron chi connectivity index (χ4n) is 8.91. The Morgan fingerprint density at radius 1 is 0.538 bits per heavy atom. The Morgan fingerprint density at radius 2 is 0.962 bits per heavy atom. The van der Waals surface area contributed by atoms with Gasteiger partial charge in [0.2, 0.25) is 0 Å². The van der Waals surface area contributed by atoms with Crippen molar-refractivity contribution in [3.63, 3.8) is 0 Å². The van der Waals surface area contributed by atoms with Gasteiger partial charge in [-0.2, -0.15) is 0 Å². The SMILES string of the molecule is CCOC(=O)Cn1c(C)nc2cc(CS(=O)(=O)c3cccc(Cl)c3C)ccc21.Cc1c(Cl)cccc1S(=O)(=O)Cc1ccc2c(c1)nc(C)n2CCO.Cc1c(Cl)cccc1S(=O)(=O)Nc1ccc2nc(C)n(CCO)c2c1. The Bertz CT molecular complexity index is 4070. The number of imidazole rings is 3. The predicted octanol–water partition coefficient (Wildman–Crippen LogP) is 10.2. The van der Waals surface area contributed by atoms with Crippen LogP contribution < -0.4 is 4.72 Å². The van der Waals surface area contributed by atoms with E-state index in [1.807, 2.05) is 29.0 Å². The van der Waals surface area contributed by atoms with E-state index in [-0.39, 0.29) is 51.9 Å². The van der Waals surface area contributed by atoms with Crippen molar-refractivity contribution in [3.05, 3.63) is 170 Å². The molecule has 0 amide bonds. The monoisotopic (exact) mass is 1180 g/mol. The summed E-state index contributed by atoms with van der Waals surface area (Å²) in [6.07, 6.45) is 0. The first-order chi connectivity index (χ1) is 36.9. The summed E-state index contributed by atoms with van der Waals surface area (Å²) in [6, 6.07) is 30.3. The molecule has 78 heavy (non-hydrogen) atoms. The van der Waals surface area contributed by atoms with E-state index in [2.05, 4.69) is 19.7 Å². The normalized spacial score (nSPS) is 11.8. The highest BCUT2D eigenvalue weighted by Crippen LogP contribution is 2.30. The van der Waals surface area contributed by atoms with Crippen molar-refractivity contribution in [3.8, 4) is 0 Å². The van der Waals surface area contributed by atoms with E-state index in [1.165, 1.54) is 6.07 Å². The van der Waals surface area contributed by atoms with Gasteiger partial charge in [0, 0.05) is 28.2 Å². The number of hydrogen-bond acceptors (Lipinski definition) is 13. The quantitative estimate of drug-likeness (QED) is 0.0765. The van der Waals surface area contributed by atoms with Gasteiger partial charge in [-0.25, -0.2) is 40.2 Å². The zero-order chi connectivity index (χ0) is 56.9. The first kappa shape index (κ1) is 59.3. The minimum atomic E-state index is -3.77. The Labute approximate surface area is 468 Å². The lowest BCUT2D eigenvalue weighted by molar-refractivity contribution is -0.143. The molecule has 0 fully saturated rings. The second kappa shape index (κ2) is 24.8. The van der Waals surface area contributed by atoms with Gasteiger partial charge in [0.1, 0.15) is 24.0 Å². The fourth-order valence-corrected chi connectivity index (χ4v) is 14.2. The van der Waals surface area contributed by atoms with Gasteiger partial charge in [-0.1, -0.05) is 65.1 Å². The summed E-state index contributed by atoms with van der Waals surface area (Å²) in [7, 11) is -10.8. The largest absolute Gasteiger partial charge is 0.465 e. The summed E-state index contributed by atoms with van der Waals surface area (Å²) in [5.41, 5.74) is 7.81. The number of benzene rings is 6. The van der Waals surface area contributed by atoms with Crippen LogP contribution in [0.15, 0.2) is 124 Å². The Hall–Kier alpha value is -6.36. The fraction of sp³-hybridized carbons (Fsp3) is 0.273. The van der Waals surface area contributed by atoms with Gasteiger partial charge in [-0.05, 0) is 155 Å². The van der Waals surface area contributed by atoms with Crippen LogP contribution in [0.1, 0.15) is 52.2 Å². The number of aryl methyl sites for hydroxylation is 3. The van der Waals surface area contributed by atoms with Gasteiger partial charge in [0.05, 0.1) is 84.8 Å². The molecule has 0 aliphatic carbocycles. The third-order valence-corrected chi connectivity index (χ3v) is 19.2. The number of aromatic nitrogens is 6. The van der Waals surface area contributed by atoms with Gasteiger partial charge in [0.25, 0.3) is 10.0 Å². The zero-order valence-electron chi connectivity index (χ0n) is 43.8. The third-order valence-electron chi connectivity index (χ3n) is 12.8. The van der Waals surface area contributed by atoms with Crippen molar-refractivity contribution < 1.29 is 45.0 Å². The molecule has 9 aromatic rings. The van der Waals surface area contributed by atoms with Crippen LogP contribution in [0.2, 0.25) is 15.1 Å². The molecule has 3 N–H and O–H groups in total. The van der Waals surface area contributed by atoms with Crippen LogP contribution in [0.5, 0.6) is 0 Å². The van der Waals surface area contributed by atoms with Crippen LogP contribution >= 0.6 is 34.8 Å². The Morgan fingerprint density at radius 3 is 1.44 bits per heavy atom. The highest BCUT2D eigenvalue weighted by Gasteiger charge is 2.23. The molecule has 0 spiro atoms. The molecular formula is C55H58Cl3N7O10S3. The molecule has 6 aromatic carbocycles. The maximum absolute atomic E-state index is 12.9. The number of sulfone groups is 2. The smallest absolute Gasteiger partial charge is 0.326 e. The number of nitrogens with zero attached hydrogens (tertiary/aromatic N) is 6. The lowest BCUT2D eigenvalue weighted by Gasteiger charge is -2.12. The predicted molar refractivity (Wildman–Crippen MR) is 305 cm³/mol. The molecule has 0 unspecified atom stereocenters. The number of halogens is 3. The van der Waals surface area contributed by atoms with Crippen LogP contribution in [-0.4, -0.2) is 89.9 Å². The van der Waals surface area contributed by atoms with Crippen molar-refractivity contribution >= 4 is 109 Å². The number of rotatable bonds is 16. The molecule has 0 atom stereocenters. The molecule has 9 rings (SSSR count). The van der Waals surface area contributed by atoms with Gasteiger partial charge < -0.3 is 28.7 Å². The molecule has 0 radical (unpaired) electrons. The van der Waals surface area contributed by atoms with Crippen molar-refractivity contribution in [2.75, 3.05) is 24.5 Å². The van der Waals surface area contributed by atoms with Gasteiger partial charge >= 0.3 is 5.97 Å². The second-order valence-electron chi connectivity index (χ2n) is 18.2. The molecule has 3 heterocycles. The summed E-state index contributed by atoms with van der Waals surface area (Å²) >= 11 is 18.2. The maximum atomic E-state index is 12.9. The number of anilines is 1. The first-order valence-electron chi connectivity index (χ1n) is 24.4. The van der Waals surface area contributed by atoms with Gasteiger partial charge in [-0.15, -0.1) is 0 Å². The van der Waals surface area contributed by atoms with Crippen LogP contribution in [0, 0.1) is 41.5 Å². The highest BCUT2D eigenvalue weighted by atomic mass is 35.5. The lowest BCUT2D eigenvalue weighted by Crippen LogP contribution is -2.14. The molecule has 412 valence electrons. The van der Waals surface area contributed by atoms with E-state index in [0.717, 1.165) is 39.2 Å². The number of fused-ring (bicyclic) bond motifs is 3. The average molecular weight is 1180 g/mol. The molecule has 0 aliphatic heterocycles. The first-order valence-corrected chi connectivity index (χ1v) is 30.3. The molecule has 0 saturated heterocycles. The van der Waals surface area contributed by atoms with E-state index in [1.54, 1.807) is 136 Å². The Kier molecular flexibility index (Phi) is 18.8. The second-order valence-corrected chi connectivity index (χ2v) is 25.0. The van der Waals surface area contributed by atoms with Gasteiger partial charge in [-0.3, -0.25) is 9.52 Å². The number of carbonyl (C=O) groups is 1. The number of nitrogens with one attached hydrogen (secondary N) is 1. The summed E-state index contributed by atoms with van der Waals surface area (Å²) in [6.45, 7) is 13.6. The number of sulfonamides is 1. The number of esters is 1. The molecule has 3 aromatic heterocycles. The lowest BCUT2D eigenvalue weighted by atomic mass is 10.2. The standard InChI is InChI=1S/C20H21ClN2O4S.C18H19ClN2O3S.C17H18ClN3O3S/c1-4-27-20(24)11-23-14(3)22-17-10-15(8-9-18(17)23)12-28(25,26)19-7-5-6-16(21)13(19)2;1-12-15(19)4-3-5-18(12)25(23,24)11-14-6-7-17-16(10-14)20-13(2)21(17)8-9-22;1-11-14(18)4-3-5-17(11)25(23,24)20-13-6-7-15-16(10-13)21(8-9-22)12(2)19-15/h5-10H,4,11-12H2,1-3H3;3-7,10,22H,8-9,11H2,1-2H3;3-7,10,20,22H,8-9H2,1-2H3. The van der Waals surface area contributed by atoms with Crippen molar-refractivity contribution in [2.24, 2.45) is 0 Å². The van der Waals surface area contributed by atoms with Crippen molar-refractivity contribution in [2.45, 2.75) is 94.3 Å². The third kappa shape index (κ3) is 13.4. The number of hydrogen-bond donors (Lipinski definition) is 3. The molecular weight excluding hydrogens is 1120 g/mol. The molecule has 0 aliphatic rings. The van der Waals surface area contributed by atoms with E-state index < -0.39 is 29.7 Å². The van der Waals surface area contributed by atoms with Crippen LogP contribution in [0.4, 0.5) is 5.69 Å². The summed E-state index contributed by atoms with van der Waals surface area (Å²) < 4.78 is 89.7. The van der Waals surface area contributed by atoms with Crippen molar-refractivity contribution in [1.82, 2.24) is 28.7 Å². The highest BCUT2D eigenvalue weighted by molar-refractivity contribution is 7.92. The maximum Gasteiger partial charge on any atom is 0.326 e. The summed E-state index contributed by atoms with van der Waals surface area (Å²) in [5, 5.41) is 19.6. The van der Waals surface area contributed by atoms with E-state index in [9.17, 15) is 35.2 Å². The molecule has 0 bridgehead atoms. The number of aliphatic hydroxyl groups is 2. The van der Waals surface area contributed by atoms with Crippen molar-refractivity contribution in [1.29, 1.82) is 0 Å². The molecule has 23 heteroatoms. The van der Waals surface area contributed by atoms with E-state index in [0.29, 0.717) is 79.6 Å². The number of carbonyl (C=O) groups excluding carboxylic acids is 1. The minimum absolute atomic E-state index is 0.0238. The Balaban J connectivity index is 0.000000170. The zero-order valence-corrected chi connectivity index (χ0v) is 48.5. The van der Waals surface area contributed by atoms with Gasteiger partial charge in [0.15, 0.2) is 19.7 Å². The van der Waals surface area contributed by atoms with Crippen LogP contribution in [0.3, 0.4) is 0 Å². The summed E-state index contributed by atoms with van der Waals surface area (Å²) in [4.78, 5) is 25.8. The average Bonchev–Trinajstić information content (AvgIpc) is 4.02.